The Hall–Kier alpha value is -1.90. The maximum Gasteiger partial charge on any atom is 0.509 e. The Balaban J connectivity index is 3.44. The van der Waals surface area contributed by atoms with Crippen LogP contribution < -0.4 is 11.4 Å². The molecule has 0 aliphatic carbocycles. The molecule has 7 nitrogen and oxygen atoms in total. The van der Waals surface area contributed by atoms with Crippen molar-refractivity contribution in [3.63, 3.8) is 0 Å². The maximum atomic E-state index is 11.5. The molecule has 0 fully saturated rings. The fraction of sp³-hybridized carbons (Fsp3) is 0.200. The van der Waals surface area contributed by atoms with E-state index >= 15 is 0 Å². The summed E-state index contributed by atoms with van der Waals surface area (Å²) in [4.78, 5) is 23.1. The second-order valence-electron chi connectivity index (χ2n) is 3.24. The van der Waals surface area contributed by atoms with Crippen LogP contribution in [0.15, 0.2) is 18.2 Å². The summed E-state index contributed by atoms with van der Waals surface area (Å²) < 4.78 is 13.3. The third kappa shape index (κ3) is 2.67. The minimum Gasteiger partial charge on any atom is -0.465 e. The van der Waals surface area contributed by atoms with Crippen LogP contribution in [0.4, 0.5) is 0 Å². The molecule has 1 aromatic carbocycles. The summed E-state index contributed by atoms with van der Waals surface area (Å²) in [5, 5.41) is 9.62. The zero-order valence-corrected chi connectivity index (χ0v) is 9.88. The molecule has 0 aliphatic heterocycles. The maximum absolute atomic E-state index is 11.5. The number of ether oxygens (including phenoxy) is 2. The molecule has 0 heterocycles. The van der Waals surface area contributed by atoms with Gasteiger partial charge in [0.25, 0.3) is 0 Å². The van der Waals surface area contributed by atoms with E-state index in [1.165, 1.54) is 32.4 Å². The highest BCUT2D eigenvalue weighted by Gasteiger charge is 2.29. The largest absolute Gasteiger partial charge is 0.509 e. The molecule has 0 saturated heterocycles. The number of benzene rings is 1. The molecule has 1 rings (SSSR count). The molecule has 0 radical (unpaired) electrons. The number of hydrogen-bond donors (Lipinski definition) is 2. The third-order valence-corrected chi connectivity index (χ3v) is 2.29. The highest BCUT2D eigenvalue weighted by atomic mass is 16.6. The first-order valence-corrected chi connectivity index (χ1v) is 4.90. The Morgan fingerprint density at radius 3 is 1.94 bits per heavy atom. The molecule has 0 aliphatic rings. The lowest BCUT2D eigenvalue weighted by molar-refractivity contribution is 0.0601. The van der Waals surface area contributed by atoms with Crippen LogP contribution in [-0.4, -0.2) is 38.3 Å². The highest BCUT2D eigenvalue weighted by molar-refractivity contribution is 6.63. The van der Waals surface area contributed by atoms with Crippen molar-refractivity contribution in [2.75, 3.05) is 14.2 Å². The molecule has 18 heavy (non-hydrogen) atoms. The molecule has 0 amide bonds. The van der Waals surface area contributed by atoms with E-state index in [1.54, 1.807) is 0 Å². The van der Waals surface area contributed by atoms with Gasteiger partial charge in [-0.3, -0.25) is 0 Å². The standard InChI is InChI=1S/C10H12BNO6/c1-16-9(13)6-4-3-5-7(10(14)17-2)8(6)11(15)18-12/h3-5,15H,12H2,1-2H3. The minimum atomic E-state index is -1.64. The van der Waals surface area contributed by atoms with E-state index in [-0.39, 0.29) is 16.6 Å². The number of nitrogens with two attached hydrogens (primary N) is 1. The summed E-state index contributed by atoms with van der Waals surface area (Å²) >= 11 is 0. The second kappa shape index (κ2) is 6.15. The van der Waals surface area contributed by atoms with Gasteiger partial charge in [-0.2, -0.15) is 0 Å². The first-order chi connectivity index (χ1) is 8.56. The Bertz CT molecular complexity index is 429. The predicted octanol–water partition coefficient (Wildman–Crippen LogP) is -1.16. The molecule has 0 atom stereocenters. The molecule has 0 bridgehead atoms. The summed E-state index contributed by atoms with van der Waals surface area (Å²) in [5.74, 6) is 3.41. The van der Waals surface area contributed by atoms with Crippen LogP contribution in [0.1, 0.15) is 20.7 Å². The SMILES string of the molecule is COC(=O)c1cccc(C(=O)OC)c1B(O)ON. The van der Waals surface area contributed by atoms with Gasteiger partial charge in [-0.05, 0) is 12.1 Å². The average Bonchev–Trinajstić information content (AvgIpc) is 2.43. The zero-order chi connectivity index (χ0) is 13.7. The van der Waals surface area contributed by atoms with Gasteiger partial charge in [-0.25, -0.2) is 15.5 Å². The smallest absolute Gasteiger partial charge is 0.465 e. The molecule has 0 unspecified atom stereocenters. The molecule has 1 aromatic rings. The molecule has 96 valence electrons. The van der Waals surface area contributed by atoms with Gasteiger partial charge in [-0.15, -0.1) is 0 Å². The molecule has 0 spiro atoms. The Kier molecular flexibility index (Phi) is 4.84. The van der Waals surface area contributed by atoms with Crippen LogP contribution in [-0.2, 0) is 14.2 Å². The number of carbonyl (C=O) groups is 2. The van der Waals surface area contributed by atoms with Crippen molar-refractivity contribution in [3.05, 3.63) is 29.3 Å². The predicted molar refractivity (Wildman–Crippen MR) is 62.0 cm³/mol. The molecule has 0 saturated carbocycles. The third-order valence-electron chi connectivity index (χ3n) is 2.29. The van der Waals surface area contributed by atoms with Gasteiger partial charge in [0.1, 0.15) is 0 Å². The second-order valence-corrected chi connectivity index (χ2v) is 3.24. The number of rotatable bonds is 4. The van der Waals surface area contributed by atoms with Gasteiger partial charge >= 0.3 is 19.1 Å². The summed E-state index contributed by atoms with van der Waals surface area (Å²) in [6.07, 6.45) is 0. The van der Waals surface area contributed by atoms with Crippen LogP contribution in [0.25, 0.3) is 0 Å². The Labute approximate surface area is 104 Å². The van der Waals surface area contributed by atoms with Crippen molar-refractivity contribution in [2.24, 2.45) is 5.90 Å². The first-order valence-electron chi connectivity index (χ1n) is 4.90. The van der Waals surface area contributed by atoms with E-state index < -0.39 is 19.1 Å². The zero-order valence-electron chi connectivity index (χ0n) is 9.88. The number of hydrogen-bond acceptors (Lipinski definition) is 7. The van der Waals surface area contributed by atoms with E-state index in [1.807, 2.05) is 0 Å². The van der Waals surface area contributed by atoms with E-state index in [4.69, 9.17) is 5.90 Å². The molecular formula is C10H12BNO6. The first kappa shape index (κ1) is 14.2. The molecular weight excluding hydrogens is 241 g/mol. The molecule has 0 aromatic heterocycles. The van der Waals surface area contributed by atoms with Crippen molar-refractivity contribution in [1.29, 1.82) is 0 Å². The van der Waals surface area contributed by atoms with Crippen molar-refractivity contribution in [3.8, 4) is 0 Å². The van der Waals surface area contributed by atoms with E-state index in [9.17, 15) is 14.6 Å². The number of methoxy groups -OCH3 is 2. The molecule has 8 heteroatoms. The minimum absolute atomic E-state index is 0.0293. The topological polar surface area (TPSA) is 108 Å². The van der Waals surface area contributed by atoms with Crippen LogP contribution >= 0.6 is 0 Å². The van der Waals surface area contributed by atoms with Crippen molar-refractivity contribution in [2.45, 2.75) is 0 Å². The summed E-state index contributed by atoms with van der Waals surface area (Å²) in [7, 11) is 0.702. The van der Waals surface area contributed by atoms with Crippen LogP contribution in [0.3, 0.4) is 0 Å². The van der Waals surface area contributed by atoms with Crippen molar-refractivity contribution >= 4 is 24.5 Å². The summed E-state index contributed by atoms with van der Waals surface area (Å²) in [6.45, 7) is 0. The van der Waals surface area contributed by atoms with Crippen LogP contribution in [0, 0.1) is 0 Å². The molecule has 3 N–H and O–H groups in total. The van der Waals surface area contributed by atoms with E-state index in [0.29, 0.717) is 0 Å². The quantitative estimate of drug-likeness (QED) is 0.395. The summed E-state index contributed by atoms with van der Waals surface area (Å²) in [5.41, 5.74) is -0.157. The number of carbonyl (C=O) groups excluding carboxylic acids is 2. The van der Waals surface area contributed by atoms with E-state index in [0.717, 1.165) is 0 Å². The van der Waals surface area contributed by atoms with Gasteiger partial charge < -0.3 is 19.3 Å². The van der Waals surface area contributed by atoms with Gasteiger partial charge in [0.15, 0.2) is 0 Å². The lowest BCUT2D eigenvalue weighted by Gasteiger charge is -2.12. The van der Waals surface area contributed by atoms with Crippen LogP contribution in [0.5, 0.6) is 0 Å². The van der Waals surface area contributed by atoms with Crippen molar-refractivity contribution < 1.29 is 28.8 Å². The van der Waals surface area contributed by atoms with Gasteiger partial charge in [-0.1, -0.05) is 6.07 Å². The van der Waals surface area contributed by atoms with Crippen molar-refractivity contribution in [1.82, 2.24) is 0 Å². The normalized spacial score (nSPS) is 9.78. The van der Waals surface area contributed by atoms with Gasteiger partial charge in [0.2, 0.25) is 0 Å². The fourth-order valence-corrected chi connectivity index (χ4v) is 1.48. The highest BCUT2D eigenvalue weighted by Crippen LogP contribution is 2.07. The van der Waals surface area contributed by atoms with Gasteiger partial charge in [0, 0.05) is 5.46 Å². The van der Waals surface area contributed by atoms with Crippen LogP contribution in [0.2, 0.25) is 0 Å². The number of esters is 2. The monoisotopic (exact) mass is 253 g/mol. The van der Waals surface area contributed by atoms with E-state index in [2.05, 4.69) is 14.2 Å². The lowest BCUT2D eigenvalue weighted by atomic mass is 9.73. The van der Waals surface area contributed by atoms with Gasteiger partial charge in [0.05, 0.1) is 25.3 Å². The fourth-order valence-electron chi connectivity index (χ4n) is 1.48. The summed E-state index contributed by atoms with van der Waals surface area (Å²) in [6, 6.07) is 4.19. The average molecular weight is 253 g/mol. The Morgan fingerprint density at radius 2 is 1.61 bits per heavy atom. The Morgan fingerprint density at radius 1 is 1.17 bits per heavy atom. The lowest BCUT2D eigenvalue weighted by Crippen LogP contribution is -2.43.